The van der Waals surface area contributed by atoms with Crippen LogP contribution in [0.5, 0.6) is 0 Å². The fraction of sp³-hybridized carbons (Fsp3) is 0.364. The molecule has 0 aliphatic heterocycles. The van der Waals surface area contributed by atoms with Crippen molar-refractivity contribution >= 4 is 11.6 Å². The molecular weight excluding hydrogens is 218 g/mol. The molecule has 2 aromatic rings. The molecule has 6 heteroatoms. The number of hydrogen-bond acceptors (Lipinski definition) is 3. The standard InChI is InChI=1S/C11H15N5O/c1-6-5-9(16(4)15-6)11(17)12-10-7(2)13-14-8(10)3/h5H,1-4H3,(H,12,17)(H,13,14). The number of amides is 1. The lowest BCUT2D eigenvalue weighted by Gasteiger charge is -2.04. The number of aromatic nitrogens is 4. The van der Waals surface area contributed by atoms with Crippen LogP contribution in [0.25, 0.3) is 0 Å². The van der Waals surface area contributed by atoms with Crippen LogP contribution in [0.15, 0.2) is 6.07 Å². The molecule has 17 heavy (non-hydrogen) atoms. The predicted molar refractivity (Wildman–Crippen MR) is 64.0 cm³/mol. The molecule has 0 radical (unpaired) electrons. The van der Waals surface area contributed by atoms with Gasteiger partial charge >= 0.3 is 0 Å². The Hall–Kier alpha value is -2.11. The van der Waals surface area contributed by atoms with E-state index < -0.39 is 0 Å². The van der Waals surface area contributed by atoms with Crippen LogP contribution >= 0.6 is 0 Å². The summed E-state index contributed by atoms with van der Waals surface area (Å²) in [4.78, 5) is 12.0. The maximum absolute atomic E-state index is 12.0. The lowest BCUT2D eigenvalue weighted by molar-refractivity contribution is 0.101. The molecule has 0 saturated heterocycles. The van der Waals surface area contributed by atoms with Crippen LogP contribution in [0.1, 0.15) is 27.6 Å². The number of anilines is 1. The first kappa shape index (κ1) is 11.4. The zero-order valence-corrected chi connectivity index (χ0v) is 10.3. The van der Waals surface area contributed by atoms with Gasteiger partial charge in [-0.3, -0.25) is 14.6 Å². The summed E-state index contributed by atoms with van der Waals surface area (Å²) in [7, 11) is 1.75. The Morgan fingerprint density at radius 3 is 2.59 bits per heavy atom. The second kappa shape index (κ2) is 4.04. The van der Waals surface area contributed by atoms with Crippen molar-refractivity contribution in [2.24, 2.45) is 7.05 Å². The van der Waals surface area contributed by atoms with Crippen LogP contribution in [-0.2, 0) is 7.05 Å². The third-order valence-corrected chi connectivity index (χ3v) is 2.60. The van der Waals surface area contributed by atoms with Crippen LogP contribution < -0.4 is 5.32 Å². The van der Waals surface area contributed by atoms with Gasteiger partial charge in [-0.25, -0.2) is 0 Å². The minimum absolute atomic E-state index is 0.180. The molecule has 0 unspecified atom stereocenters. The minimum Gasteiger partial charge on any atom is -0.318 e. The predicted octanol–water partition coefficient (Wildman–Crippen LogP) is 1.32. The first-order valence-corrected chi connectivity index (χ1v) is 5.32. The number of nitrogens with zero attached hydrogens (tertiary/aromatic N) is 3. The van der Waals surface area contributed by atoms with Crippen LogP contribution in [0, 0.1) is 20.8 Å². The Balaban J connectivity index is 2.26. The molecule has 0 fully saturated rings. The maximum atomic E-state index is 12.0. The molecule has 0 atom stereocenters. The first-order valence-electron chi connectivity index (χ1n) is 5.32. The molecule has 1 amide bonds. The van der Waals surface area contributed by atoms with Crippen molar-refractivity contribution in [3.05, 3.63) is 28.8 Å². The minimum atomic E-state index is -0.180. The highest BCUT2D eigenvalue weighted by Gasteiger charge is 2.15. The van der Waals surface area contributed by atoms with Crippen molar-refractivity contribution in [1.29, 1.82) is 0 Å². The fourth-order valence-corrected chi connectivity index (χ4v) is 1.74. The Bertz CT molecular complexity index is 547. The SMILES string of the molecule is Cc1cc(C(=O)Nc2c(C)n[nH]c2C)n(C)n1. The Morgan fingerprint density at radius 1 is 1.41 bits per heavy atom. The van der Waals surface area contributed by atoms with Crippen LogP contribution in [-0.4, -0.2) is 25.9 Å². The van der Waals surface area contributed by atoms with Crippen molar-refractivity contribution in [2.75, 3.05) is 5.32 Å². The van der Waals surface area contributed by atoms with E-state index in [0.29, 0.717) is 5.69 Å². The Kier molecular flexibility index (Phi) is 2.71. The van der Waals surface area contributed by atoms with E-state index in [2.05, 4.69) is 20.6 Å². The number of hydrogen-bond donors (Lipinski definition) is 2. The fourth-order valence-electron chi connectivity index (χ4n) is 1.74. The molecule has 0 spiro atoms. The van der Waals surface area contributed by atoms with Crippen LogP contribution in [0.4, 0.5) is 5.69 Å². The van der Waals surface area contributed by atoms with E-state index in [1.54, 1.807) is 17.8 Å². The maximum Gasteiger partial charge on any atom is 0.274 e. The monoisotopic (exact) mass is 233 g/mol. The molecule has 6 nitrogen and oxygen atoms in total. The Labute approximate surface area is 99.0 Å². The molecule has 0 aliphatic carbocycles. The van der Waals surface area contributed by atoms with Crippen molar-refractivity contribution in [1.82, 2.24) is 20.0 Å². The molecule has 2 aromatic heterocycles. The van der Waals surface area contributed by atoms with Crippen LogP contribution in [0.2, 0.25) is 0 Å². The Morgan fingerprint density at radius 2 is 2.12 bits per heavy atom. The number of nitrogens with one attached hydrogen (secondary N) is 2. The summed E-state index contributed by atoms with van der Waals surface area (Å²) in [5.74, 6) is -0.180. The van der Waals surface area contributed by atoms with Crippen molar-refractivity contribution in [3.8, 4) is 0 Å². The largest absolute Gasteiger partial charge is 0.318 e. The van der Waals surface area contributed by atoms with Crippen LogP contribution in [0.3, 0.4) is 0 Å². The molecule has 0 aliphatic rings. The number of aryl methyl sites for hydroxylation is 4. The van der Waals surface area contributed by atoms with Gasteiger partial charge in [0.15, 0.2) is 0 Å². The van der Waals surface area contributed by atoms with E-state index in [4.69, 9.17) is 0 Å². The highest BCUT2D eigenvalue weighted by molar-refractivity contribution is 6.03. The topological polar surface area (TPSA) is 75.6 Å². The van der Waals surface area contributed by atoms with Gasteiger partial charge in [-0.05, 0) is 26.8 Å². The van der Waals surface area contributed by atoms with Crippen molar-refractivity contribution in [2.45, 2.75) is 20.8 Å². The first-order chi connectivity index (χ1) is 7.99. The van der Waals surface area contributed by atoms with E-state index in [-0.39, 0.29) is 5.91 Å². The zero-order valence-electron chi connectivity index (χ0n) is 10.3. The lowest BCUT2D eigenvalue weighted by atomic mass is 10.3. The van der Waals surface area contributed by atoms with Gasteiger partial charge in [0.2, 0.25) is 0 Å². The number of aromatic amines is 1. The van der Waals surface area contributed by atoms with E-state index in [0.717, 1.165) is 22.8 Å². The second-order valence-corrected chi connectivity index (χ2v) is 4.06. The molecular formula is C11H15N5O. The van der Waals surface area contributed by atoms with E-state index in [9.17, 15) is 4.79 Å². The number of H-pyrrole nitrogens is 1. The molecule has 0 bridgehead atoms. The number of rotatable bonds is 2. The van der Waals surface area contributed by atoms with Gasteiger partial charge in [-0.2, -0.15) is 10.2 Å². The molecule has 2 heterocycles. The van der Waals surface area contributed by atoms with Gasteiger partial charge < -0.3 is 5.32 Å². The summed E-state index contributed by atoms with van der Waals surface area (Å²) >= 11 is 0. The van der Waals surface area contributed by atoms with Gasteiger partial charge in [-0.15, -0.1) is 0 Å². The third kappa shape index (κ3) is 2.06. The van der Waals surface area contributed by atoms with Crippen molar-refractivity contribution < 1.29 is 4.79 Å². The van der Waals surface area contributed by atoms with E-state index >= 15 is 0 Å². The van der Waals surface area contributed by atoms with E-state index in [1.807, 2.05) is 20.8 Å². The summed E-state index contributed by atoms with van der Waals surface area (Å²) in [6, 6.07) is 1.75. The summed E-state index contributed by atoms with van der Waals surface area (Å²) in [6.07, 6.45) is 0. The molecule has 0 saturated carbocycles. The lowest BCUT2D eigenvalue weighted by Crippen LogP contribution is -2.16. The second-order valence-electron chi connectivity index (χ2n) is 4.06. The number of carbonyl (C=O) groups excluding carboxylic acids is 1. The van der Waals surface area contributed by atoms with E-state index in [1.165, 1.54) is 0 Å². The van der Waals surface area contributed by atoms with Gasteiger partial charge in [0.05, 0.1) is 22.8 Å². The zero-order chi connectivity index (χ0) is 12.6. The van der Waals surface area contributed by atoms with Gasteiger partial charge in [-0.1, -0.05) is 0 Å². The summed E-state index contributed by atoms with van der Waals surface area (Å²) in [5, 5.41) is 13.8. The normalized spacial score (nSPS) is 10.6. The molecule has 0 aromatic carbocycles. The van der Waals surface area contributed by atoms with Gasteiger partial charge in [0, 0.05) is 7.05 Å². The van der Waals surface area contributed by atoms with Gasteiger partial charge in [0.1, 0.15) is 5.69 Å². The number of carbonyl (C=O) groups is 1. The highest BCUT2D eigenvalue weighted by atomic mass is 16.2. The smallest absolute Gasteiger partial charge is 0.274 e. The van der Waals surface area contributed by atoms with Crippen molar-refractivity contribution in [3.63, 3.8) is 0 Å². The highest BCUT2D eigenvalue weighted by Crippen LogP contribution is 2.17. The quantitative estimate of drug-likeness (QED) is 0.821. The third-order valence-electron chi connectivity index (χ3n) is 2.60. The van der Waals surface area contributed by atoms with Gasteiger partial charge in [0.25, 0.3) is 5.91 Å². The summed E-state index contributed by atoms with van der Waals surface area (Å²) < 4.78 is 1.56. The molecule has 2 N–H and O–H groups in total. The summed E-state index contributed by atoms with van der Waals surface area (Å²) in [6.45, 7) is 5.56. The average molecular weight is 233 g/mol. The summed E-state index contributed by atoms with van der Waals surface area (Å²) in [5.41, 5.74) is 3.69. The average Bonchev–Trinajstić information content (AvgIpc) is 2.74. The molecule has 2 rings (SSSR count). The molecule has 90 valence electrons.